The number of dihydropyridines is 1. The minimum atomic E-state index is -0.819. The van der Waals surface area contributed by atoms with Gasteiger partial charge in [0.15, 0.2) is 5.78 Å². The molecule has 3 rings (SSSR count). The maximum Gasteiger partial charge on any atom is 0.336 e. The van der Waals surface area contributed by atoms with Gasteiger partial charge in [0.25, 0.3) is 5.69 Å². The van der Waals surface area contributed by atoms with Crippen LogP contribution in [-0.4, -0.2) is 23.3 Å². The predicted octanol–water partition coefficient (Wildman–Crippen LogP) is 4.93. The minimum Gasteiger partial charge on any atom is -0.462 e. The van der Waals surface area contributed by atoms with Gasteiger partial charge in [0.2, 0.25) is 0 Å². The maximum absolute atomic E-state index is 13.2. The molecule has 0 fully saturated rings. The molecule has 0 saturated carbocycles. The number of rotatable bonds is 7. The fourth-order valence-electron chi connectivity index (χ4n) is 4.51. The van der Waals surface area contributed by atoms with Gasteiger partial charge in [-0.2, -0.15) is 0 Å². The number of para-hydroxylation sites is 1. The van der Waals surface area contributed by atoms with E-state index in [1.165, 1.54) is 6.07 Å². The van der Waals surface area contributed by atoms with Gasteiger partial charge in [-0.15, -0.1) is 0 Å². The molecule has 0 spiro atoms. The Bertz CT molecular complexity index is 974. The Morgan fingerprint density at radius 3 is 2.65 bits per heavy atom. The van der Waals surface area contributed by atoms with Crippen LogP contribution in [0.3, 0.4) is 0 Å². The van der Waals surface area contributed by atoms with Gasteiger partial charge in [0, 0.05) is 35.0 Å². The third-order valence-electron chi connectivity index (χ3n) is 5.89. The van der Waals surface area contributed by atoms with Crippen molar-refractivity contribution < 1.29 is 19.2 Å². The molecule has 1 aliphatic heterocycles. The number of ketones is 1. The quantitative estimate of drug-likeness (QED) is 0.287. The second-order valence-electron chi connectivity index (χ2n) is 9.09. The van der Waals surface area contributed by atoms with Gasteiger partial charge in [0.05, 0.1) is 23.0 Å². The molecule has 1 atom stereocenters. The lowest BCUT2D eigenvalue weighted by atomic mass is 9.68. The van der Waals surface area contributed by atoms with Crippen LogP contribution in [0.5, 0.6) is 0 Å². The molecule has 1 aliphatic carbocycles. The van der Waals surface area contributed by atoms with Crippen molar-refractivity contribution in [3.8, 4) is 0 Å². The topological polar surface area (TPSA) is 98.5 Å². The number of unbranched alkanes of at least 4 members (excludes halogenated alkanes) is 2. The number of esters is 1. The molecule has 1 N–H and O–H groups in total. The summed E-state index contributed by atoms with van der Waals surface area (Å²) >= 11 is 0. The maximum atomic E-state index is 13.2. The molecular formula is C24H30N2O5. The molecule has 31 heavy (non-hydrogen) atoms. The Kier molecular flexibility index (Phi) is 6.62. The smallest absolute Gasteiger partial charge is 0.336 e. The molecule has 166 valence electrons. The Labute approximate surface area is 182 Å². The first-order valence-electron chi connectivity index (χ1n) is 10.8. The number of nitro groups is 1. The Balaban J connectivity index is 2.12. The monoisotopic (exact) mass is 426 g/mol. The minimum absolute atomic E-state index is 0.0920. The van der Waals surface area contributed by atoms with Crippen molar-refractivity contribution in [3.05, 3.63) is 62.5 Å². The average molecular weight is 427 g/mol. The zero-order valence-electron chi connectivity index (χ0n) is 18.6. The number of hydrogen-bond acceptors (Lipinski definition) is 6. The molecule has 1 aromatic rings. The van der Waals surface area contributed by atoms with Gasteiger partial charge in [-0.05, 0) is 25.2 Å². The SMILES string of the molecule is CCCCCOC(=O)C1=C(C)NC2=C(C(=O)CC(C)(C)C2)C1c1ccccc1[N+](=O)[O-]. The Hall–Kier alpha value is -2.96. The van der Waals surface area contributed by atoms with Gasteiger partial charge < -0.3 is 10.1 Å². The molecule has 2 aliphatic rings. The van der Waals surface area contributed by atoms with E-state index in [0.29, 0.717) is 29.7 Å². The third kappa shape index (κ3) is 4.70. The number of nitrogens with one attached hydrogen (secondary N) is 1. The molecule has 0 saturated heterocycles. The summed E-state index contributed by atoms with van der Waals surface area (Å²) in [6.45, 7) is 8.15. The van der Waals surface area contributed by atoms with Gasteiger partial charge in [-0.1, -0.05) is 51.8 Å². The van der Waals surface area contributed by atoms with Crippen LogP contribution in [-0.2, 0) is 14.3 Å². The normalized spacial score (nSPS) is 20.3. The summed E-state index contributed by atoms with van der Waals surface area (Å²) in [6.07, 6.45) is 3.64. The van der Waals surface area contributed by atoms with E-state index in [2.05, 4.69) is 12.2 Å². The molecular weight excluding hydrogens is 396 g/mol. The molecule has 1 unspecified atom stereocenters. The highest BCUT2D eigenvalue weighted by Crippen LogP contribution is 2.48. The third-order valence-corrected chi connectivity index (χ3v) is 5.89. The summed E-state index contributed by atoms with van der Waals surface area (Å²) in [6, 6.07) is 6.32. The van der Waals surface area contributed by atoms with Crippen molar-refractivity contribution >= 4 is 17.4 Å². The fraction of sp³-hybridized carbons (Fsp3) is 0.500. The number of carbonyl (C=O) groups is 2. The van der Waals surface area contributed by atoms with Crippen molar-refractivity contribution in [1.82, 2.24) is 5.32 Å². The van der Waals surface area contributed by atoms with Gasteiger partial charge >= 0.3 is 5.97 Å². The van der Waals surface area contributed by atoms with Crippen molar-refractivity contribution in [2.75, 3.05) is 6.61 Å². The number of Topliss-reactive ketones (excluding diaryl/α,β-unsaturated/α-hetero) is 1. The lowest BCUT2D eigenvalue weighted by molar-refractivity contribution is -0.385. The van der Waals surface area contributed by atoms with Crippen LogP contribution in [0.1, 0.15) is 71.3 Å². The average Bonchev–Trinajstić information content (AvgIpc) is 2.69. The van der Waals surface area contributed by atoms with Crippen LogP contribution in [0.25, 0.3) is 0 Å². The first-order valence-corrected chi connectivity index (χ1v) is 10.8. The zero-order valence-corrected chi connectivity index (χ0v) is 18.6. The fourth-order valence-corrected chi connectivity index (χ4v) is 4.51. The summed E-state index contributed by atoms with van der Waals surface area (Å²) < 4.78 is 5.52. The van der Waals surface area contributed by atoms with E-state index in [1.807, 2.05) is 13.8 Å². The highest BCUT2D eigenvalue weighted by Gasteiger charge is 2.44. The first kappa shape index (κ1) is 22.7. The number of carbonyl (C=O) groups excluding carboxylic acids is 2. The van der Waals surface area contributed by atoms with Crippen molar-refractivity contribution in [1.29, 1.82) is 0 Å². The van der Waals surface area contributed by atoms with E-state index in [4.69, 9.17) is 4.74 Å². The molecule has 7 nitrogen and oxygen atoms in total. The van der Waals surface area contributed by atoms with E-state index >= 15 is 0 Å². The molecule has 0 bridgehead atoms. The molecule has 0 radical (unpaired) electrons. The van der Waals surface area contributed by atoms with Crippen molar-refractivity contribution in [2.24, 2.45) is 5.41 Å². The summed E-state index contributed by atoms with van der Waals surface area (Å²) in [7, 11) is 0. The van der Waals surface area contributed by atoms with Gasteiger partial charge in [0.1, 0.15) is 0 Å². The number of hydrogen-bond donors (Lipinski definition) is 1. The second kappa shape index (κ2) is 9.04. The van der Waals surface area contributed by atoms with E-state index < -0.39 is 16.8 Å². The van der Waals surface area contributed by atoms with E-state index in [-0.39, 0.29) is 29.1 Å². The summed E-state index contributed by atoms with van der Waals surface area (Å²) in [5, 5.41) is 15.0. The first-order chi connectivity index (χ1) is 14.7. The number of ether oxygens (including phenoxy) is 1. The second-order valence-corrected chi connectivity index (χ2v) is 9.09. The summed E-state index contributed by atoms with van der Waals surface area (Å²) in [4.78, 5) is 37.7. The van der Waals surface area contributed by atoms with Crippen LogP contribution >= 0.6 is 0 Å². The van der Waals surface area contributed by atoms with Gasteiger partial charge in [-0.25, -0.2) is 4.79 Å². The molecule has 0 aromatic heterocycles. The standard InChI is InChI=1S/C24H30N2O5/c1-5-6-9-12-31-23(28)20-15(2)25-17-13-24(3,4)14-19(27)22(17)21(20)16-10-7-8-11-18(16)26(29)30/h7-8,10-11,21,25H,5-6,9,12-14H2,1-4H3. The summed E-state index contributed by atoms with van der Waals surface area (Å²) in [5.74, 6) is -1.45. The lowest BCUT2D eigenvalue weighted by Gasteiger charge is -2.39. The number of allylic oxidation sites excluding steroid dienone is 3. The number of nitrogens with zero attached hydrogens (tertiary/aromatic N) is 1. The Morgan fingerprint density at radius 2 is 1.97 bits per heavy atom. The largest absolute Gasteiger partial charge is 0.462 e. The van der Waals surface area contributed by atoms with Crippen LogP contribution in [0.4, 0.5) is 5.69 Å². The van der Waals surface area contributed by atoms with Gasteiger partial charge in [-0.3, -0.25) is 14.9 Å². The van der Waals surface area contributed by atoms with E-state index in [1.54, 1.807) is 25.1 Å². The van der Waals surface area contributed by atoms with E-state index in [0.717, 1.165) is 25.0 Å². The summed E-state index contributed by atoms with van der Waals surface area (Å²) in [5.41, 5.74) is 2.04. The van der Waals surface area contributed by atoms with Crippen LogP contribution in [0.2, 0.25) is 0 Å². The molecule has 0 amide bonds. The molecule has 7 heteroatoms. The number of benzene rings is 1. The highest BCUT2D eigenvalue weighted by atomic mass is 16.6. The molecule has 1 aromatic carbocycles. The lowest BCUT2D eigenvalue weighted by Crippen LogP contribution is -2.38. The van der Waals surface area contributed by atoms with Crippen LogP contribution < -0.4 is 5.32 Å². The highest BCUT2D eigenvalue weighted by molar-refractivity contribution is 6.04. The van der Waals surface area contributed by atoms with E-state index in [9.17, 15) is 19.7 Å². The zero-order chi connectivity index (χ0) is 22.8. The Morgan fingerprint density at radius 1 is 1.26 bits per heavy atom. The van der Waals surface area contributed by atoms with Crippen molar-refractivity contribution in [3.63, 3.8) is 0 Å². The van der Waals surface area contributed by atoms with Crippen molar-refractivity contribution in [2.45, 2.75) is 65.7 Å². The predicted molar refractivity (Wildman–Crippen MR) is 117 cm³/mol. The van der Waals surface area contributed by atoms with Crippen LogP contribution in [0.15, 0.2) is 46.8 Å². The van der Waals surface area contributed by atoms with Crippen LogP contribution in [0, 0.1) is 15.5 Å². The number of nitro benzene ring substituents is 1. The molecule has 1 heterocycles.